The average molecular weight is 267 g/mol. The first-order chi connectivity index (χ1) is 8.62. The molecule has 0 amide bonds. The summed E-state index contributed by atoms with van der Waals surface area (Å²) in [7, 11) is 0.330. The molecule has 19 heavy (non-hydrogen) atoms. The minimum Gasteiger partial charge on any atom is -0.423 e. The highest BCUT2D eigenvalue weighted by Crippen LogP contribution is 2.24. The van der Waals surface area contributed by atoms with Crippen molar-refractivity contribution < 1.29 is 14.4 Å². The summed E-state index contributed by atoms with van der Waals surface area (Å²) in [5, 5.41) is 18.6. The molecule has 0 aromatic heterocycles. The molecule has 0 heterocycles. The van der Waals surface area contributed by atoms with Gasteiger partial charge < -0.3 is 10.0 Å². The van der Waals surface area contributed by atoms with E-state index in [0.29, 0.717) is 12.6 Å². The van der Waals surface area contributed by atoms with Crippen LogP contribution in [-0.4, -0.2) is 35.2 Å². The molecule has 5 heteroatoms. The van der Waals surface area contributed by atoms with E-state index < -0.39 is 12.9 Å². The van der Waals surface area contributed by atoms with Crippen molar-refractivity contribution in [3.05, 3.63) is 29.6 Å². The number of hydrogen-bond donors (Lipinski definition) is 2. The Kier molecular flexibility index (Phi) is 5.13. The van der Waals surface area contributed by atoms with Crippen LogP contribution in [0.1, 0.15) is 33.3 Å². The fourth-order valence-corrected chi connectivity index (χ4v) is 2.02. The van der Waals surface area contributed by atoms with E-state index in [1.165, 1.54) is 12.1 Å². The van der Waals surface area contributed by atoms with Crippen LogP contribution in [0.25, 0.3) is 0 Å². The monoisotopic (exact) mass is 267 g/mol. The molecule has 1 aromatic carbocycles. The molecule has 2 N–H and O–H groups in total. The summed E-state index contributed by atoms with van der Waals surface area (Å²) in [5.74, 6) is -0.460. The van der Waals surface area contributed by atoms with Crippen LogP contribution in [0.3, 0.4) is 0 Å². The molecule has 0 bridgehead atoms. The summed E-state index contributed by atoms with van der Waals surface area (Å²) in [6, 6.07) is 4.43. The molecule has 0 saturated heterocycles. The van der Waals surface area contributed by atoms with Crippen LogP contribution in [0.5, 0.6) is 0 Å². The first-order valence-corrected chi connectivity index (χ1v) is 6.47. The third-order valence-electron chi connectivity index (χ3n) is 3.72. The normalized spacial score (nSPS) is 13.7. The number of benzene rings is 1. The largest absolute Gasteiger partial charge is 0.488 e. The highest BCUT2D eigenvalue weighted by molar-refractivity contribution is 6.59. The van der Waals surface area contributed by atoms with Gasteiger partial charge in [0.2, 0.25) is 0 Å². The molecule has 0 aliphatic carbocycles. The van der Waals surface area contributed by atoms with Crippen LogP contribution in [0.15, 0.2) is 18.2 Å². The van der Waals surface area contributed by atoms with Gasteiger partial charge in [-0.2, -0.15) is 0 Å². The number of nitrogens with zero attached hydrogens (tertiary/aromatic N) is 1. The molecule has 1 atom stereocenters. The summed E-state index contributed by atoms with van der Waals surface area (Å²) in [5.41, 5.74) is 1.08. The first kappa shape index (κ1) is 16.2. The SMILES string of the molecule is CC(N(C)Cc1ccc(F)cc1B(O)O)C(C)(C)C. The molecule has 0 aliphatic heterocycles. The molecule has 1 aromatic rings. The van der Waals surface area contributed by atoms with Crippen LogP contribution in [0.4, 0.5) is 4.39 Å². The van der Waals surface area contributed by atoms with Crippen molar-refractivity contribution in [1.29, 1.82) is 0 Å². The summed E-state index contributed by atoms with van der Waals surface area (Å²) < 4.78 is 13.2. The van der Waals surface area contributed by atoms with Gasteiger partial charge in [0.05, 0.1) is 0 Å². The van der Waals surface area contributed by atoms with Gasteiger partial charge in [-0.3, -0.25) is 4.90 Å². The van der Waals surface area contributed by atoms with Crippen LogP contribution >= 0.6 is 0 Å². The van der Waals surface area contributed by atoms with Gasteiger partial charge in [-0.1, -0.05) is 26.8 Å². The lowest BCUT2D eigenvalue weighted by Gasteiger charge is -2.35. The predicted octanol–water partition coefficient (Wildman–Crippen LogP) is 1.37. The van der Waals surface area contributed by atoms with E-state index in [1.807, 2.05) is 7.05 Å². The van der Waals surface area contributed by atoms with Crippen molar-refractivity contribution in [2.75, 3.05) is 7.05 Å². The standard InChI is InChI=1S/C14H23BFNO2/c1-10(14(2,3)4)17(5)9-11-6-7-12(16)8-13(11)15(18)19/h6-8,10,18-19H,9H2,1-5H3. The zero-order valence-corrected chi connectivity index (χ0v) is 12.3. The average Bonchev–Trinajstić information content (AvgIpc) is 2.28. The van der Waals surface area contributed by atoms with E-state index in [1.54, 1.807) is 6.07 Å². The van der Waals surface area contributed by atoms with E-state index >= 15 is 0 Å². The lowest BCUT2D eigenvalue weighted by atomic mass is 9.76. The Morgan fingerprint density at radius 1 is 1.32 bits per heavy atom. The van der Waals surface area contributed by atoms with Gasteiger partial charge in [0.25, 0.3) is 0 Å². The highest BCUT2D eigenvalue weighted by Gasteiger charge is 2.25. The van der Waals surface area contributed by atoms with E-state index in [9.17, 15) is 14.4 Å². The van der Waals surface area contributed by atoms with E-state index in [2.05, 4.69) is 32.6 Å². The van der Waals surface area contributed by atoms with Gasteiger partial charge in [-0.05, 0) is 42.5 Å². The zero-order chi connectivity index (χ0) is 14.8. The third kappa shape index (κ3) is 4.30. The topological polar surface area (TPSA) is 43.7 Å². The molecule has 0 saturated carbocycles. The second-order valence-electron chi connectivity index (χ2n) is 6.17. The van der Waals surface area contributed by atoms with Gasteiger partial charge >= 0.3 is 7.12 Å². The second-order valence-corrected chi connectivity index (χ2v) is 6.17. The Morgan fingerprint density at radius 3 is 2.37 bits per heavy atom. The van der Waals surface area contributed by atoms with Crippen LogP contribution in [-0.2, 0) is 6.54 Å². The molecule has 1 rings (SSSR count). The van der Waals surface area contributed by atoms with Crippen molar-refractivity contribution in [3.8, 4) is 0 Å². The van der Waals surface area contributed by atoms with Crippen molar-refractivity contribution in [1.82, 2.24) is 4.90 Å². The number of halogens is 1. The Hall–Kier alpha value is -0.905. The number of rotatable bonds is 4. The van der Waals surface area contributed by atoms with Gasteiger partial charge in [0, 0.05) is 12.6 Å². The minimum atomic E-state index is -1.65. The number of hydrogen-bond acceptors (Lipinski definition) is 3. The van der Waals surface area contributed by atoms with Crippen molar-refractivity contribution >= 4 is 12.6 Å². The van der Waals surface area contributed by atoms with E-state index in [-0.39, 0.29) is 10.9 Å². The lowest BCUT2D eigenvalue weighted by Crippen LogP contribution is -2.41. The minimum absolute atomic E-state index is 0.118. The highest BCUT2D eigenvalue weighted by atomic mass is 19.1. The predicted molar refractivity (Wildman–Crippen MR) is 76.6 cm³/mol. The second kappa shape index (κ2) is 6.03. The lowest BCUT2D eigenvalue weighted by molar-refractivity contribution is 0.135. The molecule has 0 spiro atoms. The maximum Gasteiger partial charge on any atom is 0.488 e. The Balaban J connectivity index is 2.94. The van der Waals surface area contributed by atoms with Crippen LogP contribution in [0, 0.1) is 11.2 Å². The summed E-state index contributed by atoms with van der Waals surface area (Å²) in [6.45, 7) is 9.13. The van der Waals surface area contributed by atoms with E-state index in [0.717, 1.165) is 5.56 Å². The van der Waals surface area contributed by atoms with Crippen LogP contribution < -0.4 is 5.46 Å². The van der Waals surface area contributed by atoms with Crippen LogP contribution in [0.2, 0.25) is 0 Å². The first-order valence-electron chi connectivity index (χ1n) is 6.47. The van der Waals surface area contributed by atoms with Gasteiger partial charge in [0.15, 0.2) is 0 Å². The molecular formula is C14H23BFNO2. The van der Waals surface area contributed by atoms with Crippen molar-refractivity contribution in [3.63, 3.8) is 0 Å². The zero-order valence-electron chi connectivity index (χ0n) is 12.3. The quantitative estimate of drug-likeness (QED) is 0.810. The maximum absolute atomic E-state index is 13.2. The molecule has 3 nitrogen and oxygen atoms in total. The molecule has 1 unspecified atom stereocenters. The van der Waals surface area contributed by atoms with E-state index in [4.69, 9.17) is 0 Å². The van der Waals surface area contributed by atoms with Crippen molar-refractivity contribution in [2.45, 2.75) is 40.3 Å². The van der Waals surface area contributed by atoms with Gasteiger partial charge in [-0.15, -0.1) is 0 Å². The van der Waals surface area contributed by atoms with Crippen molar-refractivity contribution in [2.24, 2.45) is 5.41 Å². The summed E-state index contributed by atoms with van der Waals surface area (Å²) >= 11 is 0. The fourth-order valence-electron chi connectivity index (χ4n) is 2.02. The van der Waals surface area contributed by atoms with Gasteiger partial charge in [0.1, 0.15) is 5.82 Å². The molecule has 0 fully saturated rings. The molecular weight excluding hydrogens is 244 g/mol. The molecule has 106 valence electrons. The third-order valence-corrected chi connectivity index (χ3v) is 3.72. The maximum atomic E-state index is 13.2. The molecule has 0 aliphatic rings. The van der Waals surface area contributed by atoms with Gasteiger partial charge in [-0.25, -0.2) is 4.39 Å². The smallest absolute Gasteiger partial charge is 0.423 e. The Morgan fingerprint density at radius 2 is 1.89 bits per heavy atom. The summed E-state index contributed by atoms with van der Waals surface area (Å²) in [6.07, 6.45) is 0. The Labute approximate surface area is 115 Å². The molecule has 0 radical (unpaired) electrons. The Bertz CT molecular complexity index is 432. The fraction of sp³-hybridized carbons (Fsp3) is 0.571. The summed E-state index contributed by atoms with van der Waals surface area (Å²) in [4.78, 5) is 2.12.